The predicted octanol–water partition coefficient (Wildman–Crippen LogP) is 8.51. The highest BCUT2D eigenvalue weighted by Crippen LogP contribution is 2.43. The third kappa shape index (κ3) is 6.57. The summed E-state index contributed by atoms with van der Waals surface area (Å²) in [5, 5.41) is 0. The average molecular weight is 465 g/mol. The largest absolute Gasteiger partial charge is 0.439 e. The number of benzene rings is 1. The smallest absolute Gasteiger partial charge is 0.430 e. The zero-order valence-electron chi connectivity index (χ0n) is 18.7. The molecule has 0 N–H and O–H groups in total. The number of alkyl halides is 6. The molecule has 1 aromatic rings. The summed E-state index contributed by atoms with van der Waals surface area (Å²) in [7, 11) is 0. The number of halogens is 6. The van der Waals surface area contributed by atoms with Gasteiger partial charge in [-0.15, -0.1) is 0 Å². The van der Waals surface area contributed by atoms with Crippen molar-refractivity contribution in [2.75, 3.05) is 0 Å². The van der Waals surface area contributed by atoms with Crippen LogP contribution >= 0.6 is 0 Å². The molecule has 3 rings (SSSR count). The van der Waals surface area contributed by atoms with Crippen LogP contribution in [0.5, 0.6) is 5.75 Å². The summed E-state index contributed by atoms with van der Waals surface area (Å²) in [6.45, 7) is 2.27. The Morgan fingerprint density at radius 2 is 1.38 bits per heavy atom. The van der Waals surface area contributed by atoms with Crippen LogP contribution in [0.2, 0.25) is 0 Å². The first-order chi connectivity index (χ1) is 15.1. The van der Waals surface area contributed by atoms with Crippen LogP contribution in [0, 0.1) is 23.7 Å². The molecule has 0 amide bonds. The van der Waals surface area contributed by atoms with Crippen molar-refractivity contribution in [1.29, 1.82) is 0 Å². The molecule has 0 heterocycles. The lowest BCUT2D eigenvalue weighted by Crippen LogP contribution is -2.45. The van der Waals surface area contributed by atoms with Gasteiger partial charge in [-0.2, -0.15) is 22.0 Å². The zero-order valence-corrected chi connectivity index (χ0v) is 18.7. The minimum Gasteiger partial charge on any atom is -0.430 e. The second-order valence-electron chi connectivity index (χ2n) is 9.68. The van der Waals surface area contributed by atoms with Crippen molar-refractivity contribution in [3.05, 3.63) is 29.8 Å². The average Bonchev–Trinajstić information content (AvgIpc) is 2.77. The number of hydrogen-bond donors (Lipinski definition) is 0. The van der Waals surface area contributed by atoms with Crippen LogP contribution in [-0.2, 0) is 6.42 Å². The first kappa shape index (κ1) is 25.2. The summed E-state index contributed by atoms with van der Waals surface area (Å²) >= 11 is 0. The second-order valence-corrected chi connectivity index (χ2v) is 9.68. The van der Waals surface area contributed by atoms with E-state index in [2.05, 4.69) is 11.7 Å². The van der Waals surface area contributed by atoms with Crippen LogP contribution in [-0.4, -0.2) is 18.5 Å². The van der Waals surface area contributed by atoms with E-state index >= 15 is 0 Å². The highest BCUT2D eigenvalue weighted by molar-refractivity contribution is 5.33. The molecule has 1 unspecified atom stereocenters. The summed E-state index contributed by atoms with van der Waals surface area (Å²) in [5.74, 6) is 2.59. The molecule has 2 saturated carbocycles. The number of aryl methyl sites for hydroxylation is 1. The minimum atomic E-state index is -5.69. The predicted molar refractivity (Wildman–Crippen MR) is 112 cm³/mol. The van der Waals surface area contributed by atoms with E-state index < -0.39 is 18.5 Å². The molecular weight excluding hydrogens is 430 g/mol. The standard InChI is InChI=1S/C25H34F6O/c1-2-17-7-12-19(13-8-17)20-14-9-18(10-15-20)11-16-21-5-3-4-6-22(21)32-25(30,31)23(26)24(27,28)29/h3-6,17-20,23H,2,7-16H2,1H3. The zero-order chi connectivity index (χ0) is 23.4. The number of hydrogen-bond acceptors (Lipinski definition) is 1. The number of ether oxygens (including phenoxy) is 1. The van der Waals surface area contributed by atoms with E-state index in [9.17, 15) is 26.3 Å². The van der Waals surface area contributed by atoms with Gasteiger partial charge in [-0.1, -0.05) is 57.2 Å². The van der Waals surface area contributed by atoms with Gasteiger partial charge >= 0.3 is 12.3 Å². The van der Waals surface area contributed by atoms with Gasteiger partial charge in [0.2, 0.25) is 0 Å². The summed E-state index contributed by atoms with van der Waals surface area (Å²) in [6, 6.07) is 5.76. The summed E-state index contributed by atoms with van der Waals surface area (Å²) in [6.07, 6.45) is -2.63. The Hall–Kier alpha value is -1.40. The van der Waals surface area contributed by atoms with Gasteiger partial charge in [0.25, 0.3) is 6.17 Å². The first-order valence-electron chi connectivity index (χ1n) is 12.0. The van der Waals surface area contributed by atoms with Gasteiger partial charge in [-0.25, -0.2) is 4.39 Å². The highest BCUT2D eigenvalue weighted by Gasteiger charge is 2.59. The fourth-order valence-corrected chi connectivity index (χ4v) is 5.57. The Bertz CT molecular complexity index is 703. The Balaban J connectivity index is 1.50. The van der Waals surface area contributed by atoms with Crippen LogP contribution in [0.3, 0.4) is 0 Å². The van der Waals surface area contributed by atoms with Crippen LogP contribution in [0.15, 0.2) is 24.3 Å². The lowest BCUT2D eigenvalue weighted by atomic mass is 9.68. The molecule has 2 aliphatic carbocycles. The maximum absolute atomic E-state index is 13.7. The van der Waals surface area contributed by atoms with Crippen LogP contribution in [0.1, 0.15) is 76.7 Å². The van der Waals surface area contributed by atoms with Gasteiger partial charge in [0.15, 0.2) is 0 Å². The number of para-hydroxylation sites is 1. The SMILES string of the molecule is CCC1CCC(C2CCC(CCc3ccccc3OC(F)(F)C(F)C(F)(F)F)CC2)CC1. The van der Waals surface area contributed by atoms with E-state index in [1.165, 1.54) is 57.1 Å². The van der Waals surface area contributed by atoms with Crippen LogP contribution < -0.4 is 4.74 Å². The molecular formula is C25H34F6O. The highest BCUT2D eigenvalue weighted by atomic mass is 19.4. The van der Waals surface area contributed by atoms with Crippen molar-refractivity contribution in [3.8, 4) is 5.75 Å². The van der Waals surface area contributed by atoms with Gasteiger partial charge in [0.1, 0.15) is 5.75 Å². The Labute approximate surface area is 186 Å². The summed E-state index contributed by atoms with van der Waals surface area (Å²) in [4.78, 5) is 0. The molecule has 0 bridgehead atoms. The maximum Gasteiger partial charge on any atom is 0.439 e. The molecule has 7 heteroatoms. The van der Waals surface area contributed by atoms with E-state index in [1.807, 2.05) is 0 Å². The van der Waals surface area contributed by atoms with Crippen LogP contribution in [0.25, 0.3) is 0 Å². The Kier molecular flexibility index (Phi) is 8.42. The van der Waals surface area contributed by atoms with Crippen molar-refractivity contribution in [3.63, 3.8) is 0 Å². The van der Waals surface area contributed by atoms with E-state index in [-0.39, 0.29) is 5.75 Å². The van der Waals surface area contributed by atoms with Gasteiger partial charge in [-0.3, -0.25) is 0 Å². The fourth-order valence-electron chi connectivity index (χ4n) is 5.57. The maximum atomic E-state index is 13.7. The second kappa shape index (κ2) is 10.7. The molecule has 1 aromatic carbocycles. The van der Waals surface area contributed by atoms with Crippen molar-refractivity contribution >= 4 is 0 Å². The molecule has 0 aromatic heterocycles. The van der Waals surface area contributed by atoms with E-state index in [1.54, 1.807) is 12.1 Å². The Morgan fingerprint density at radius 1 is 0.844 bits per heavy atom. The third-order valence-corrected chi connectivity index (χ3v) is 7.65. The molecule has 0 spiro atoms. The van der Waals surface area contributed by atoms with Crippen LogP contribution in [0.4, 0.5) is 26.3 Å². The summed E-state index contributed by atoms with van der Waals surface area (Å²) < 4.78 is 82.1. The van der Waals surface area contributed by atoms with Crippen molar-refractivity contribution < 1.29 is 31.1 Å². The fraction of sp³-hybridized carbons (Fsp3) is 0.760. The van der Waals surface area contributed by atoms with Crippen molar-refractivity contribution in [1.82, 2.24) is 0 Å². The quantitative estimate of drug-likeness (QED) is 0.350. The van der Waals surface area contributed by atoms with E-state index in [0.717, 1.165) is 37.0 Å². The summed E-state index contributed by atoms with van der Waals surface area (Å²) in [5.41, 5.74) is 0.390. The molecule has 0 saturated heterocycles. The molecule has 1 atom stereocenters. The topological polar surface area (TPSA) is 9.23 Å². The molecule has 0 radical (unpaired) electrons. The molecule has 0 aliphatic heterocycles. The molecule has 2 aliphatic rings. The normalized spacial score (nSPS) is 28.3. The van der Waals surface area contributed by atoms with Gasteiger partial charge in [0.05, 0.1) is 0 Å². The Morgan fingerprint density at radius 3 is 1.91 bits per heavy atom. The number of rotatable bonds is 8. The van der Waals surface area contributed by atoms with E-state index in [0.29, 0.717) is 17.9 Å². The lowest BCUT2D eigenvalue weighted by Gasteiger charge is -2.37. The first-order valence-corrected chi connectivity index (χ1v) is 12.0. The van der Waals surface area contributed by atoms with Gasteiger partial charge in [-0.05, 0) is 73.8 Å². The molecule has 2 fully saturated rings. The third-order valence-electron chi connectivity index (χ3n) is 7.65. The molecule has 32 heavy (non-hydrogen) atoms. The van der Waals surface area contributed by atoms with Crippen molar-refractivity contribution in [2.24, 2.45) is 23.7 Å². The van der Waals surface area contributed by atoms with Gasteiger partial charge < -0.3 is 4.74 Å². The van der Waals surface area contributed by atoms with Gasteiger partial charge in [0, 0.05) is 0 Å². The van der Waals surface area contributed by atoms with E-state index in [4.69, 9.17) is 0 Å². The monoisotopic (exact) mass is 464 g/mol. The molecule has 1 nitrogen and oxygen atoms in total. The van der Waals surface area contributed by atoms with Crippen molar-refractivity contribution in [2.45, 2.75) is 96.0 Å². The minimum absolute atomic E-state index is 0.384. The molecule has 182 valence electrons. The lowest BCUT2D eigenvalue weighted by molar-refractivity contribution is -0.305.